The summed E-state index contributed by atoms with van der Waals surface area (Å²) >= 11 is 0. The first-order valence-electron chi connectivity index (χ1n) is 8.57. The zero-order valence-electron chi connectivity index (χ0n) is 14.7. The van der Waals surface area contributed by atoms with Gasteiger partial charge in [-0.2, -0.15) is 5.26 Å². The maximum Gasteiger partial charge on any atom is 1.00 e. The van der Waals surface area contributed by atoms with Crippen molar-refractivity contribution in [2.75, 3.05) is 0 Å². The number of aromatic nitrogens is 4. The van der Waals surface area contributed by atoms with Crippen LogP contribution in [0.15, 0.2) is 18.5 Å². The van der Waals surface area contributed by atoms with Gasteiger partial charge in [0.15, 0.2) is 0 Å². The van der Waals surface area contributed by atoms with Gasteiger partial charge < -0.3 is 19.5 Å². The van der Waals surface area contributed by atoms with Gasteiger partial charge in [-0.1, -0.05) is 0 Å². The zero-order chi connectivity index (χ0) is 17.4. The van der Waals surface area contributed by atoms with E-state index in [4.69, 9.17) is 5.26 Å². The molecule has 0 unspecified atom stereocenters. The van der Waals surface area contributed by atoms with E-state index in [-0.39, 0.29) is 42.0 Å². The van der Waals surface area contributed by atoms with Crippen molar-refractivity contribution in [2.45, 2.75) is 44.6 Å². The van der Waals surface area contributed by atoms with E-state index < -0.39 is 5.97 Å². The number of carboxylic acids is 1. The van der Waals surface area contributed by atoms with E-state index in [9.17, 15) is 9.90 Å². The molecule has 8 heteroatoms. The van der Waals surface area contributed by atoms with Crippen molar-refractivity contribution in [1.82, 2.24) is 19.5 Å². The standard InChI is InChI=1S/C18H19N5O2.Na/c19-7-5-11-1-3-12(4-2-11)23-15(9-16(24)25)22-14-10-21-18-13(17(14)23)6-8-20-18;/h6,8,10-12H,1-5,9H2,(H,20,21)(H,24,25);/q;+1/p-1/t11-,12-;. The molecule has 0 aliphatic heterocycles. The van der Waals surface area contributed by atoms with Crippen LogP contribution in [0.1, 0.15) is 44.0 Å². The number of pyridine rings is 1. The van der Waals surface area contributed by atoms with Gasteiger partial charge in [0, 0.05) is 36.4 Å². The average molecular weight is 359 g/mol. The first-order valence-corrected chi connectivity index (χ1v) is 8.57. The summed E-state index contributed by atoms with van der Waals surface area (Å²) in [6.07, 6.45) is 7.70. The molecule has 0 aromatic carbocycles. The molecule has 3 heterocycles. The van der Waals surface area contributed by atoms with Crippen molar-refractivity contribution in [3.63, 3.8) is 0 Å². The number of carboxylic acid groups (broad SMARTS) is 1. The largest absolute Gasteiger partial charge is 1.00 e. The van der Waals surface area contributed by atoms with Gasteiger partial charge in [0.25, 0.3) is 0 Å². The van der Waals surface area contributed by atoms with E-state index in [0.717, 1.165) is 42.2 Å². The van der Waals surface area contributed by atoms with Gasteiger partial charge in [-0.05, 0) is 37.7 Å². The SMILES string of the molecule is N#CC[C@H]1CC[C@H](n2c(CC(=O)[O-])nc3cnc4[nH]ccc4c32)CC1.[Na+]. The van der Waals surface area contributed by atoms with Crippen LogP contribution in [0.5, 0.6) is 0 Å². The van der Waals surface area contributed by atoms with Crippen LogP contribution in [0.2, 0.25) is 0 Å². The van der Waals surface area contributed by atoms with Gasteiger partial charge in [-0.3, -0.25) is 0 Å². The number of nitrogens with one attached hydrogen (secondary N) is 1. The van der Waals surface area contributed by atoms with E-state index in [1.54, 1.807) is 6.20 Å². The number of carbonyl (C=O) groups excluding carboxylic acids is 1. The summed E-state index contributed by atoms with van der Waals surface area (Å²) in [5, 5.41) is 21.1. The number of fused-ring (bicyclic) bond motifs is 3. The van der Waals surface area contributed by atoms with E-state index >= 15 is 0 Å². The van der Waals surface area contributed by atoms with Crippen molar-refractivity contribution in [3.05, 3.63) is 24.3 Å². The molecule has 128 valence electrons. The van der Waals surface area contributed by atoms with Crippen LogP contribution in [0.25, 0.3) is 22.1 Å². The molecular weight excluding hydrogens is 341 g/mol. The maximum atomic E-state index is 11.2. The number of hydrogen-bond donors (Lipinski definition) is 1. The number of nitriles is 1. The van der Waals surface area contributed by atoms with Gasteiger partial charge in [0.1, 0.15) is 17.0 Å². The van der Waals surface area contributed by atoms with Crippen molar-refractivity contribution in [1.29, 1.82) is 5.26 Å². The molecule has 0 saturated heterocycles. The molecule has 0 bridgehead atoms. The number of H-pyrrole nitrogens is 1. The van der Waals surface area contributed by atoms with E-state index in [1.165, 1.54) is 0 Å². The summed E-state index contributed by atoms with van der Waals surface area (Å²) in [5.74, 6) is -0.170. The Kier molecular flexibility index (Phi) is 5.66. The smallest absolute Gasteiger partial charge is 0.550 e. The van der Waals surface area contributed by atoms with Crippen LogP contribution >= 0.6 is 0 Å². The summed E-state index contributed by atoms with van der Waals surface area (Å²) in [7, 11) is 0. The molecule has 1 aliphatic rings. The van der Waals surface area contributed by atoms with Gasteiger partial charge >= 0.3 is 29.6 Å². The third-order valence-electron chi connectivity index (χ3n) is 5.17. The maximum absolute atomic E-state index is 11.2. The van der Waals surface area contributed by atoms with Crippen molar-refractivity contribution >= 4 is 28.0 Å². The number of carbonyl (C=O) groups is 1. The van der Waals surface area contributed by atoms with E-state index in [1.807, 2.05) is 12.3 Å². The Morgan fingerprint density at radius 2 is 2.15 bits per heavy atom. The first-order chi connectivity index (χ1) is 12.2. The number of imidazole rings is 1. The average Bonchev–Trinajstić information content (AvgIpc) is 3.19. The molecular formula is C18H18N5NaO2. The third-order valence-corrected chi connectivity index (χ3v) is 5.17. The Balaban J connectivity index is 0.00000196. The molecule has 0 radical (unpaired) electrons. The van der Waals surface area contributed by atoms with Crippen LogP contribution < -0.4 is 34.7 Å². The Morgan fingerprint density at radius 1 is 1.38 bits per heavy atom. The van der Waals surface area contributed by atoms with Gasteiger partial charge in [0.05, 0.1) is 17.8 Å². The number of aliphatic carboxylic acids is 1. The molecule has 3 aromatic rings. The summed E-state index contributed by atoms with van der Waals surface area (Å²) in [6.45, 7) is 0. The van der Waals surface area contributed by atoms with Gasteiger partial charge in [-0.15, -0.1) is 0 Å². The first kappa shape index (κ1) is 18.9. The number of hydrogen-bond acceptors (Lipinski definition) is 5. The fourth-order valence-electron chi connectivity index (χ4n) is 4.02. The number of nitrogens with zero attached hydrogens (tertiary/aromatic N) is 4. The quantitative estimate of drug-likeness (QED) is 0.592. The Hall–Kier alpha value is -1.88. The second-order valence-electron chi connectivity index (χ2n) is 6.72. The normalized spacial score (nSPS) is 20.0. The second kappa shape index (κ2) is 7.78. The Labute approximate surface area is 172 Å². The predicted molar refractivity (Wildman–Crippen MR) is 89.3 cm³/mol. The number of rotatable bonds is 4. The molecule has 3 aromatic heterocycles. The molecule has 0 atom stereocenters. The molecule has 26 heavy (non-hydrogen) atoms. The van der Waals surface area contributed by atoms with Crippen LogP contribution in [0.3, 0.4) is 0 Å². The molecule has 4 rings (SSSR count). The zero-order valence-corrected chi connectivity index (χ0v) is 16.7. The summed E-state index contributed by atoms with van der Waals surface area (Å²) in [4.78, 5) is 23.2. The Bertz CT molecular complexity index is 979. The van der Waals surface area contributed by atoms with Crippen LogP contribution in [-0.4, -0.2) is 25.5 Å². The molecule has 1 aliphatic carbocycles. The molecule has 0 amide bonds. The van der Waals surface area contributed by atoms with Crippen molar-refractivity contribution in [2.24, 2.45) is 5.92 Å². The fraction of sp³-hybridized carbons (Fsp3) is 0.444. The fourth-order valence-corrected chi connectivity index (χ4v) is 4.02. The topological polar surface area (TPSA) is 110 Å². The molecule has 0 spiro atoms. The summed E-state index contributed by atoms with van der Waals surface area (Å²) < 4.78 is 2.07. The predicted octanol–water partition coefficient (Wildman–Crippen LogP) is -1.15. The van der Waals surface area contributed by atoms with Crippen LogP contribution in [0.4, 0.5) is 0 Å². The van der Waals surface area contributed by atoms with Crippen molar-refractivity contribution in [3.8, 4) is 6.07 Å². The molecule has 1 fully saturated rings. The van der Waals surface area contributed by atoms with Crippen LogP contribution in [0, 0.1) is 17.2 Å². The monoisotopic (exact) mass is 359 g/mol. The number of aromatic amines is 1. The van der Waals surface area contributed by atoms with E-state index in [2.05, 4.69) is 25.6 Å². The molecule has 7 nitrogen and oxygen atoms in total. The van der Waals surface area contributed by atoms with Gasteiger partial charge in [0.2, 0.25) is 0 Å². The third kappa shape index (κ3) is 3.37. The minimum Gasteiger partial charge on any atom is -0.550 e. The molecule has 1 saturated carbocycles. The minimum absolute atomic E-state index is 0. The van der Waals surface area contributed by atoms with Gasteiger partial charge in [-0.25, -0.2) is 9.97 Å². The minimum atomic E-state index is -1.13. The molecule has 1 N–H and O–H groups in total. The van der Waals surface area contributed by atoms with Crippen LogP contribution in [-0.2, 0) is 11.2 Å². The van der Waals surface area contributed by atoms with E-state index in [0.29, 0.717) is 23.7 Å². The second-order valence-corrected chi connectivity index (χ2v) is 6.72. The summed E-state index contributed by atoms with van der Waals surface area (Å²) in [5.41, 5.74) is 2.42. The summed E-state index contributed by atoms with van der Waals surface area (Å²) in [6, 6.07) is 4.40. The van der Waals surface area contributed by atoms with Crippen molar-refractivity contribution < 1.29 is 39.5 Å². The Morgan fingerprint density at radius 3 is 2.85 bits per heavy atom.